The molecule has 1 aliphatic carbocycles. The van der Waals surface area contributed by atoms with Gasteiger partial charge in [-0.15, -0.1) is 0 Å². The van der Waals surface area contributed by atoms with Crippen LogP contribution in [0.3, 0.4) is 0 Å². The molecule has 0 fully saturated rings. The third-order valence-corrected chi connectivity index (χ3v) is 4.86. The van der Waals surface area contributed by atoms with E-state index in [0.717, 1.165) is 29.6 Å². The van der Waals surface area contributed by atoms with E-state index in [0.29, 0.717) is 23.0 Å². The van der Waals surface area contributed by atoms with Crippen LogP contribution in [0.15, 0.2) is 40.8 Å². The average molecular weight is 366 g/mol. The van der Waals surface area contributed by atoms with Gasteiger partial charge in [-0.2, -0.15) is 0 Å². The van der Waals surface area contributed by atoms with Crippen molar-refractivity contribution in [2.24, 2.45) is 0 Å². The minimum atomic E-state index is -0.483. The molecule has 0 atom stereocenters. The zero-order valence-corrected chi connectivity index (χ0v) is 14.7. The number of benzene rings is 2. The number of furan rings is 1. The quantitative estimate of drug-likeness (QED) is 0.513. The highest BCUT2D eigenvalue weighted by Crippen LogP contribution is 2.35. The standard InChI is InChI=1S/C21H18O6/c22-21(26-14-6-8-19-20(10-14)25-12-24-19)11-23-13-5-7-18-16(9-13)15-3-1-2-4-17(15)27-18/h5-10H,1-4,11-12H2. The van der Waals surface area contributed by atoms with E-state index in [2.05, 4.69) is 0 Å². The summed E-state index contributed by atoms with van der Waals surface area (Å²) in [5.41, 5.74) is 2.14. The fraction of sp³-hybridized carbons (Fsp3) is 0.286. The summed E-state index contributed by atoms with van der Waals surface area (Å²) in [5, 5.41) is 1.08. The van der Waals surface area contributed by atoms with E-state index in [-0.39, 0.29) is 13.4 Å². The number of aryl methyl sites for hydroxylation is 2. The van der Waals surface area contributed by atoms with Gasteiger partial charge in [-0.05, 0) is 49.6 Å². The van der Waals surface area contributed by atoms with Crippen LogP contribution in [-0.4, -0.2) is 19.4 Å². The zero-order chi connectivity index (χ0) is 18.2. The summed E-state index contributed by atoms with van der Waals surface area (Å²) >= 11 is 0. The molecule has 0 unspecified atom stereocenters. The van der Waals surface area contributed by atoms with Crippen LogP contribution in [0, 0.1) is 0 Å². The van der Waals surface area contributed by atoms with Gasteiger partial charge in [-0.1, -0.05) is 0 Å². The Kier molecular flexibility index (Phi) is 3.89. The summed E-state index contributed by atoms with van der Waals surface area (Å²) < 4.78 is 27.4. The molecular weight excluding hydrogens is 348 g/mol. The smallest absolute Gasteiger partial charge is 0.349 e. The van der Waals surface area contributed by atoms with Crippen LogP contribution >= 0.6 is 0 Å². The van der Waals surface area contributed by atoms with E-state index in [4.69, 9.17) is 23.4 Å². The van der Waals surface area contributed by atoms with Crippen molar-refractivity contribution in [1.82, 2.24) is 0 Å². The number of fused-ring (bicyclic) bond motifs is 4. The normalized spacial score (nSPS) is 14.8. The largest absolute Gasteiger partial charge is 0.482 e. The van der Waals surface area contributed by atoms with Crippen molar-refractivity contribution in [1.29, 1.82) is 0 Å². The molecule has 2 aliphatic rings. The number of hydrogen-bond acceptors (Lipinski definition) is 6. The molecule has 138 valence electrons. The van der Waals surface area contributed by atoms with E-state index in [9.17, 15) is 4.79 Å². The monoisotopic (exact) mass is 366 g/mol. The SMILES string of the molecule is O=C(COc1ccc2oc3c(c2c1)CCCC3)Oc1ccc2c(c1)OCO2. The Hall–Kier alpha value is -3.15. The summed E-state index contributed by atoms with van der Waals surface area (Å²) in [6.45, 7) is -0.00394. The Balaban J connectivity index is 1.26. The molecule has 2 aromatic carbocycles. The lowest BCUT2D eigenvalue weighted by molar-refractivity contribution is -0.136. The van der Waals surface area contributed by atoms with Gasteiger partial charge in [-0.25, -0.2) is 4.79 Å². The van der Waals surface area contributed by atoms with Gasteiger partial charge >= 0.3 is 5.97 Å². The summed E-state index contributed by atoms with van der Waals surface area (Å²) in [5.74, 6) is 2.82. The molecule has 27 heavy (non-hydrogen) atoms. The van der Waals surface area contributed by atoms with Gasteiger partial charge in [0, 0.05) is 23.4 Å². The Morgan fingerprint density at radius 2 is 1.81 bits per heavy atom. The summed E-state index contributed by atoms with van der Waals surface area (Å²) in [6, 6.07) is 10.6. The van der Waals surface area contributed by atoms with Crippen LogP contribution in [0.5, 0.6) is 23.0 Å². The molecular formula is C21H18O6. The molecule has 5 rings (SSSR count). The second-order valence-corrected chi connectivity index (χ2v) is 6.65. The molecule has 0 amide bonds. The Bertz CT molecular complexity index is 1020. The van der Waals surface area contributed by atoms with Crippen LogP contribution in [-0.2, 0) is 17.6 Å². The van der Waals surface area contributed by atoms with Gasteiger partial charge in [0.15, 0.2) is 18.1 Å². The van der Waals surface area contributed by atoms with Gasteiger partial charge in [0.25, 0.3) is 0 Å². The van der Waals surface area contributed by atoms with Gasteiger partial charge in [0.1, 0.15) is 22.8 Å². The highest BCUT2D eigenvalue weighted by Gasteiger charge is 2.19. The van der Waals surface area contributed by atoms with Crippen LogP contribution in [0.25, 0.3) is 11.0 Å². The molecule has 6 nitrogen and oxygen atoms in total. The van der Waals surface area contributed by atoms with Gasteiger partial charge in [0.05, 0.1) is 0 Å². The number of carbonyl (C=O) groups excluding carboxylic acids is 1. The molecule has 2 heterocycles. The molecule has 6 heteroatoms. The van der Waals surface area contributed by atoms with Crippen molar-refractivity contribution in [3.05, 3.63) is 47.7 Å². The van der Waals surface area contributed by atoms with Crippen LogP contribution in [0.4, 0.5) is 0 Å². The molecule has 0 N–H and O–H groups in total. The number of hydrogen-bond donors (Lipinski definition) is 0. The van der Waals surface area contributed by atoms with Crippen LogP contribution < -0.4 is 18.9 Å². The van der Waals surface area contributed by atoms with Crippen LogP contribution in [0.2, 0.25) is 0 Å². The lowest BCUT2D eigenvalue weighted by Gasteiger charge is -2.09. The zero-order valence-electron chi connectivity index (χ0n) is 14.7. The number of esters is 1. The van der Waals surface area contributed by atoms with E-state index in [1.54, 1.807) is 18.2 Å². The summed E-state index contributed by atoms with van der Waals surface area (Å²) in [7, 11) is 0. The Labute approximate surface area is 155 Å². The first-order valence-electron chi connectivity index (χ1n) is 9.04. The fourth-order valence-electron chi connectivity index (χ4n) is 3.58. The molecule has 0 saturated heterocycles. The highest BCUT2D eigenvalue weighted by atomic mass is 16.7. The molecule has 1 aromatic heterocycles. The second kappa shape index (κ2) is 6.54. The number of carbonyl (C=O) groups is 1. The first-order valence-corrected chi connectivity index (χ1v) is 9.04. The van der Waals surface area contributed by atoms with E-state index in [1.807, 2.05) is 18.2 Å². The maximum Gasteiger partial charge on any atom is 0.349 e. The van der Waals surface area contributed by atoms with E-state index in [1.165, 1.54) is 18.4 Å². The van der Waals surface area contributed by atoms with E-state index >= 15 is 0 Å². The lowest BCUT2D eigenvalue weighted by atomic mass is 9.96. The summed E-state index contributed by atoms with van der Waals surface area (Å²) in [4.78, 5) is 12.1. The molecule has 0 saturated carbocycles. The van der Waals surface area contributed by atoms with Crippen molar-refractivity contribution >= 4 is 16.9 Å². The second-order valence-electron chi connectivity index (χ2n) is 6.65. The maximum absolute atomic E-state index is 12.1. The number of rotatable bonds is 4. The molecule has 0 radical (unpaired) electrons. The lowest BCUT2D eigenvalue weighted by Crippen LogP contribution is -2.17. The molecule has 3 aromatic rings. The third kappa shape index (κ3) is 3.07. The molecule has 1 aliphatic heterocycles. The van der Waals surface area contributed by atoms with E-state index < -0.39 is 5.97 Å². The van der Waals surface area contributed by atoms with Crippen molar-refractivity contribution in [3.63, 3.8) is 0 Å². The number of ether oxygens (including phenoxy) is 4. The molecule has 0 bridgehead atoms. The van der Waals surface area contributed by atoms with Gasteiger partial charge < -0.3 is 23.4 Å². The first-order chi connectivity index (χ1) is 13.3. The van der Waals surface area contributed by atoms with Gasteiger partial charge in [0.2, 0.25) is 6.79 Å². The average Bonchev–Trinajstić information content (AvgIpc) is 3.30. The minimum Gasteiger partial charge on any atom is -0.482 e. The Morgan fingerprint density at radius 1 is 0.963 bits per heavy atom. The fourth-order valence-corrected chi connectivity index (χ4v) is 3.58. The van der Waals surface area contributed by atoms with Crippen molar-refractivity contribution in [3.8, 4) is 23.0 Å². The maximum atomic E-state index is 12.1. The Morgan fingerprint density at radius 3 is 2.78 bits per heavy atom. The van der Waals surface area contributed by atoms with Crippen LogP contribution in [0.1, 0.15) is 24.2 Å². The third-order valence-electron chi connectivity index (χ3n) is 4.86. The van der Waals surface area contributed by atoms with Crippen molar-refractivity contribution in [2.75, 3.05) is 13.4 Å². The van der Waals surface area contributed by atoms with Gasteiger partial charge in [-0.3, -0.25) is 0 Å². The first kappa shape index (κ1) is 16.1. The predicted molar refractivity (Wildman–Crippen MR) is 96.6 cm³/mol. The van der Waals surface area contributed by atoms with Crippen molar-refractivity contribution < 1.29 is 28.2 Å². The highest BCUT2D eigenvalue weighted by molar-refractivity contribution is 5.84. The predicted octanol–water partition coefficient (Wildman–Crippen LogP) is 4.02. The minimum absolute atomic E-state index is 0.177. The molecule has 0 spiro atoms. The summed E-state index contributed by atoms with van der Waals surface area (Å²) in [6.07, 6.45) is 4.36. The topological polar surface area (TPSA) is 67.1 Å². The van der Waals surface area contributed by atoms with Crippen molar-refractivity contribution in [2.45, 2.75) is 25.7 Å².